The molecule has 0 saturated heterocycles. The van der Waals surface area contributed by atoms with E-state index >= 15 is 0 Å². The van der Waals surface area contributed by atoms with Crippen LogP contribution in [0.25, 0.3) is 0 Å². The normalized spacial score (nSPS) is 15.9. The Morgan fingerprint density at radius 3 is 2.88 bits per heavy atom. The van der Waals surface area contributed by atoms with Crippen molar-refractivity contribution in [1.29, 1.82) is 0 Å². The quantitative estimate of drug-likeness (QED) is 0.764. The summed E-state index contributed by atoms with van der Waals surface area (Å²) in [5, 5.41) is 7.25. The van der Waals surface area contributed by atoms with E-state index in [1.807, 2.05) is 35.0 Å². The molecule has 0 radical (unpaired) electrons. The van der Waals surface area contributed by atoms with Crippen LogP contribution in [-0.4, -0.2) is 25.6 Å². The van der Waals surface area contributed by atoms with Crippen LogP contribution < -0.4 is 5.32 Å². The van der Waals surface area contributed by atoms with Crippen LogP contribution in [0.1, 0.15) is 53.3 Å². The van der Waals surface area contributed by atoms with Crippen LogP contribution >= 0.6 is 0 Å². The zero-order chi connectivity index (χ0) is 18.0. The molecule has 7 nitrogen and oxygen atoms in total. The predicted octanol–water partition coefficient (Wildman–Crippen LogP) is 2.82. The standard InChI is InChI=1S/C19H21N5O2/c1-14-21-18(23-26-14)19(7-2-3-8-19)22-17(25)16-6-4-5-15(11-16)12-24-10-9-20-13-24/h4-6,9-11,13H,2-3,7-8,12H2,1H3,(H,22,25). The van der Waals surface area contributed by atoms with Gasteiger partial charge in [-0.1, -0.05) is 30.1 Å². The van der Waals surface area contributed by atoms with E-state index < -0.39 is 5.54 Å². The Labute approximate surface area is 151 Å². The third-order valence-corrected chi connectivity index (χ3v) is 4.88. The summed E-state index contributed by atoms with van der Waals surface area (Å²) in [6.45, 7) is 2.44. The fourth-order valence-electron chi connectivity index (χ4n) is 3.57. The Morgan fingerprint density at radius 1 is 1.35 bits per heavy atom. The van der Waals surface area contributed by atoms with E-state index in [9.17, 15) is 4.79 Å². The van der Waals surface area contributed by atoms with E-state index in [1.165, 1.54) is 0 Å². The summed E-state index contributed by atoms with van der Waals surface area (Å²) in [4.78, 5) is 21.4. The maximum atomic E-state index is 12.9. The summed E-state index contributed by atoms with van der Waals surface area (Å²) in [6, 6.07) is 7.65. The number of imidazole rings is 1. The molecule has 0 bridgehead atoms. The number of amides is 1. The Bertz CT molecular complexity index is 894. The van der Waals surface area contributed by atoms with Gasteiger partial charge in [0.1, 0.15) is 5.54 Å². The molecule has 1 saturated carbocycles. The lowest BCUT2D eigenvalue weighted by molar-refractivity contribution is 0.0892. The van der Waals surface area contributed by atoms with Crippen molar-refractivity contribution in [3.8, 4) is 0 Å². The van der Waals surface area contributed by atoms with Gasteiger partial charge in [0.25, 0.3) is 5.91 Å². The van der Waals surface area contributed by atoms with Gasteiger partial charge in [-0.2, -0.15) is 4.98 Å². The molecule has 4 rings (SSSR count). The number of rotatable bonds is 5. The summed E-state index contributed by atoms with van der Waals surface area (Å²) in [7, 11) is 0. The fourth-order valence-corrected chi connectivity index (χ4v) is 3.57. The van der Waals surface area contributed by atoms with Gasteiger partial charge in [0.2, 0.25) is 5.89 Å². The lowest BCUT2D eigenvalue weighted by Gasteiger charge is -2.26. The molecule has 0 spiro atoms. The van der Waals surface area contributed by atoms with Crippen molar-refractivity contribution in [3.05, 3.63) is 65.8 Å². The Morgan fingerprint density at radius 2 is 2.19 bits per heavy atom. The van der Waals surface area contributed by atoms with Crippen molar-refractivity contribution in [2.45, 2.75) is 44.7 Å². The van der Waals surface area contributed by atoms with Crippen molar-refractivity contribution in [3.63, 3.8) is 0 Å². The maximum Gasteiger partial charge on any atom is 0.252 e. The van der Waals surface area contributed by atoms with Gasteiger partial charge < -0.3 is 14.4 Å². The molecule has 0 unspecified atom stereocenters. The number of hydrogen-bond donors (Lipinski definition) is 1. The lowest BCUT2D eigenvalue weighted by atomic mass is 9.95. The molecule has 1 aliphatic rings. The van der Waals surface area contributed by atoms with Crippen LogP contribution in [0.3, 0.4) is 0 Å². The first kappa shape index (κ1) is 16.5. The number of nitrogens with one attached hydrogen (secondary N) is 1. The smallest absolute Gasteiger partial charge is 0.252 e. The van der Waals surface area contributed by atoms with E-state index in [4.69, 9.17) is 4.52 Å². The van der Waals surface area contributed by atoms with Crippen LogP contribution in [0.15, 0.2) is 47.5 Å². The highest BCUT2D eigenvalue weighted by Crippen LogP contribution is 2.37. The van der Waals surface area contributed by atoms with Gasteiger partial charge in [-0.3, -0.25) is 4.79 Å². The largest absolute Gasteiger partial charge is 0.340 e. The third kappa shape index (κ3) is 3.24. The minimum Gasteiger partial charge on any atom is -0.340 e. The molecule has 2 aromatic heterocycles. The second-order valence-corrected chi connectivity index (χ2v) is 6.82. The number of carbonyl (C=O) groups excluding carboxylic acids is 1. The maximum absolute atomic E-state index is 12.9. The predicted molar refractivity (Wildman–Crippen MR) is 94.4 cm³/mol. The molecule has 1 aliphatic carbocycles. The number of nitrogens with zero attached hydrogens (tertiary/aromatic N) is 4. The van der Waals surface area contributed by atoms with Crippen LogP contribution in [0.5, 0.6) is 0 Å². The summed E-state index contributed by atoms with van der Waals surface area (Å²) >= 11 is 0. The van der Waals surface area contributed by atoms with E-state index in [0.717, 1.165) is 31.2 Å². The number of aromatic nitrogens is 4. The summed E-state index contributed by atoms with van der Waals surface area (Å²) < 4.78 is 7.12. The molecule has 3 aromatic rings. The summed E-state index contributed by atoms with van der Waals surface area (Å²) in [6.07, 6.45) is 9.13. The third-order valence-electron chi connectivity index (χ3n) is 4.88. The van der Waals surface area contributed by atoms with Crippen LogP contribution in [-0.2, 0) is 12.1 Å². The fraction of sp³-hybridized carbons (Fsp3) is 0.368. The first-order valence-corrected chi connectivity index (χ1v) is 8.83. The Balaban J connectivity index is 1.55. The first-order chi connectivity index (χ1) is 12.6. The molecule has 7 heteroatoms. The molecule has 1 amide bonds. The zero-order valence-corrected chi connectivity index (χ0v) is 14.7. The van der Waals surface area contributed by atoms with E-state index in [-0.39, 0.29) is 5.91 Å². The van der Waals surface area contributed by atoms with Gasteiger partial charge in [0.15, 0.2) is 5.82 Å². The average Bonchev–Trinajstić information content (AvgIpc) is 3.38. The molecule has 1 fully saturated rings. The highest BCUT2D eigenvalue weighted by atomic mass is 16.5. The van der Waals surface area contributed by atoms with Gasteiger partial charge in [0.05, 0.1) is 6.33 Å². The van der Waals surface area contributed by atoms with E-state index in [0.29, 0.717) is 23.8 Å². The van der Waals surface area contributed by atoms with E-state index in [2.05, 4.69) is 20.4 Å². The van der Waals surface area contributed by atoms with Gasteiger partial charge in [-0.15, -0.1) is 0 Å². The molecule has 1 aromatic carbocycles. The van der Waals surface area contributed by atoms with Crippen molar-refractivity contribution < 1.29 is 9.32 Å². The van der Waals surface area contributed by atoms with E-state index in [1.54, 1.807) is 19.4 Å². The number of hydrogen-bond acceptors (Lipinski definition) is 5. The second-order valence-electron chi connectivity index (χ2n) is 6.82. The molecule has 26 heavy (non-hydrogen) atoms. The minimum atomic E-state index is -0.533. The average molecular weight is 351 g/mol. The summed E-state index contributed by atoms with van der Waals surface area (Å²) in [5.74, 6) is 0.986. The zero-order valence-electron chi connectivity index (χ0n) is 14.7. The van der Waals surface area contributed by atoms with Crippen LogP contribution in [0, 0.1) is 6.92 Å². The monoisotopic (exact) mass is 351 g/mol. The highest BCUT2D eigenvalue weighted by Gasteiger charge is 2.41. The molecular weight excluding hydrogens is 330 g/mol. The van der Waals surface area contributed by atoms with Crippen molar-refractivity contribution in [1.82, 2.24) is 25.0 Å². The lowest BCUT2D eigenvalue weighted by Crippen LogP contribution is -2.44. The molecule has 134 valence electrons. The van der Waals surface area contributed by atoms with Crippen molar-refractivity contribution in [2.24, 2.45) is 0 Å². The van der Waals surface area contributed by atoms with Gasteiger partial charge in [-0.05, 0) is 30.5 Å². The number of benzene rings is 1. The summed E-state index contributed by atoms with van der Waals surface area (Å²) in [5.41, 5.74) is 1.15. The molecule has 0 atom stereocenters. The van der Waals surface area contributed by atoms with Crippen LogP contribution in [0.4, 0.5) is 0 Å². The SMILES string of the molecule is Cc1nc(C2(NC(=O)c3cccc(Cn4ccnc4)c3)CCCC2)no1. The molecule has 2 heterocycles. The topological polar surface area (TPSA) is 85.8 Å². The van der Waals surface area contributed by atoms with Gasteiger partial charge in [0, 0.05) is 31.4 Å². The van der Waals surface area contributed by atoms with Gasteiger partial charge >= 0.3 is 0 Å². The minimum absolute atomic E-state index is 0.109. The van der Waals surface area contributed by atoms with Crippen molar-refractivity contribution in [2.75, 3.05) is 0 Å². The highest BCUT2D eigenvalue weighted by molar-refractivity contribution is 5.94. The molecular formula is C19H21N5O2. The molecule has 1 N–H and O–H groups in total. The van der Waals surface area contributed by atoms with Crippen molar-refractivity contribution >= 4 is 5.91 Å². The Hall–Kier alpha value is -2.96. The Kier molecular flexibility index (Phi) is 4.28. The first-order valence-electron chi connectivity index (χ1n) is 8.83. The molecule has 0 aliphatic heterocycles. The number of aryl methyl sites for hydroxylation is 1. The van der Waals surface area contributed by atoms with Gasteiger partial charge in [-0.25, -0.2) is 4.98 Å². The number of carbonyl (C=O) groups is 1. The van der Waals surface area contributed by atoms with Crippen LogP contribution in [0.2, 0.25) is 0 Å². The second kappa shape index (κ2) is 6.74.